The summed E-state index contributed by atoms with van der Waals surface area (Å²) in [5, 5.41) is 6.84. The fourth-order valence-electron chi connectivity index (χ4n) is 5.44. The highest BCUT2D eigenvalue weighted by molar-refractivity contribution is 6.01. The third-order valence-electron chi connectivity index (χ3n) is 7.68. The van der Waals surface area contributed by atoms with Crippen molar-refractivity contribution >= 4 is 17.5 Å². The maximum absolute atomic E-state index is 13.7. The van der Waals surface area contributed by atoms with Gasteiger partial charge < -0.3 is 19.3 Å². The number of benzene rings is 2. The van der Waals surface area contributed by atoms with Gasteiger partial charge in [0.1, 0.15) is 11.5 Å². The number of hydrogen-bond acceptors (Lipinski definition) is 7. The van der Waals surface area contributed by atoms with Crippen molar-refractivity contribution in [1.82, 2.24) is 25.1 Å². The van der Waals surface area contributed by atoms with Crippen molar-refractivity contribution < 1.29 is 19.1 Å². The van der Waals surface area contributed by atoms with E-state index in [-0.39, 0.29) is 17.8 Å². The van der Waals surface area contributed by atoms with Crippen molar-refractivity contribution in [3.8, 4) is 28.6 Å². The number of carbonyl (C=O) groups excluding carboxylic acids is 2. The van der Waals surface area contributed by atoms with Crippen LogP contribution in [0.25, 0.3) is 11.1 Å². The van der Waals surface area contributed by atoms with Crippen molar-refractivity contribution in [3.05, 3.63) is 78.9 Å². The van der Waals surface area contributed by atoms with Gasteiger partial charge in [0.05, 0.1) is 18.7 Å². The first-order valence-electron chi connectivity index (χ1n) is 12.9. The Hall–Kier alpha value is -4.73. The maximum Gasteiger partial charge on any atom is 0.321 e. The molecule has 2 amide bonds. The van der Waals surface area contributed by atoms with Gasteiger partial charge in [0.15, 0.2) is 0 Å². The molecular weight excluding hydrogens is 496 g/mol. The second-order valence-corrected chi connectivity index (χ2v) is 9.81. The number of rotatable bonds is 6. The van der Waals surface area contributed by atoms with E-state index >= 15 is 0 Å². The molecule has 198 valence electrons. The minimum absolute atomic E-state index is 0.0470. The molecule has 0 bridgehead atoms. The molecule has 0 radical (unpaired) electrons. The molecule has 39 heavy (non-hydrogen) atoms. The van der Waals surface area contributed by atoms with Gasteiger partial charge in [-0.25, -0.2) is 9.97 Å². The summed E-state index contributed by atoms with van der Waals surface area (Å²) in [6, 6.07) is 14.8. The molecule has 0 unspecified atom stereocenters. The predicted octanol–water partition coefficient (Wildman–Crippen LogP) is 4.33. The lowest BCUT2D eigenvalue weighted by Crippen LogP contribution is -2.46. The van der Waals surface area contributed by atoms with E-state index in [4.69, 9.17) is 9.47 Å². The summed E-state index contributed by atoms with van der Waals surface area (Å²) in [6.45, 7) is 1.72. The van der Waals surface area contributed by atoms with E-state index < -0.39 is 5.41 Å². The smallest absolute Gasteiger partial charge is 0.321 e. The van der Waals surface area contributed by atoms with Gasteiger partial charge in [-0.3, -0.25) is 14.7 Å². The SMILES string of the molecule is COc1cc(N2CCC3(CCN(C(=O)c4ccc(Oc5ncccn5)cc4)CC3)C2=O)ccc1-c1cn[nH]c1. The molecule has 2 aromatic heterocycles. The Kier molecular flexibility index (Phi) is 6.44. The van der Waals surface area contributed by atoms with Crippen LogP contribution < -0.4 is 14.4 Å². The molecule has 2 aromatic carbocycles. The van der Waals surface area contributed by atoms with Crippen LogP contribution in [0.5, 0.6) is 17.5 Å². The van der Waals surface area contributed by atoms with E-state index in [1.165, 1.54) is 0 Å². The molecule has 0 aliphatic carbocycles. The van der Waals surface area contributed by atoms with Crippen LogP contribution in [0.2, 0.25) is 0 Å². The van der Waals surface area contributed by atoms with Crippen LogP contribution in [0.3, 0.4) is 0 Å². The zero-order valence-corrected chi connectivity index (χ0v) is 21.5. The molecule has 2 aliphatic rings. The Balaban J connectivity index is 1.10. The predicted molar refractivity (Wildman–Crippen MR) is 144 cm³/mol. The van der Waals surface area contributed by atoms with E-state index in [1.54, 1.807) is 56.0 Å². The zero-order chi connectivity index (χ0) is 26.8. The molecule has 0 atom stereocenters. The largest absolute Gasteiger partial charge is 0.496 e. The number of nitrogens with zero attached hydrogens (tertiary/aromatic N) is 5. The lowest BCUT2D eigenvalue weighted by Gasteiger charge is -2.38. The number of methoxy groups -OCH3 is 1. The van der Waals surface area contributed by atoms with Gasteiger partial charge >= 0.3 is 6.01 Å². The number of ether oxygens (including phenoxy) is 2. The van der Waals surface area contributed by atoms with Crippen molar-refractivity contribution in [1.29, 1.82) is 0 Å². The topological polar surface area (TPSA) is 114 Å². The number of nitrogens with one attached hydrogen (secondary N) is 1. The lowest BCUT2D eigenvalue weighted by molar-refractivity contribution is -0.127. The molecule has 10 nitrogen and oxygen atoms in total. The van der Waals surface area contributed by atoms with Gasteiger partial charge in [0.2, 0.25) is 5.91 Å². The minimum Gasteiger partial charge on any atom is -0.496 e. The molecule has 0 saturated carbocycles. The van der Waals surface area contributed by atoms with Crippen molar-refractivity contribution in [2.75, 3.05) is 31.6 Å². The highest BCUT2D eigenvalue weighted by atomic mass is 16.5. The highest BCUT2D eigenvalue weighted by Gasteiger charge is 2.49. The van der Waals surface area contributed by atoms with Crippen molar-refractivity contribution in [2.45, 2.75) is 19.3 Å². The highest BCUT2D eigenvalue weighted by Crippen LogP contribution is 2.44. The Morgan fingerprint density at radius 3 is 2.44 bits per heavy atom. The number of likely N-dealkylation sites (tertiary alicyclic amines) is 1. The molecule has 1 N–H and O–H groups in total. The van der Waals surface area contributed by atoms with Gasteiger partial charge in [-0.2, -0.15) is 5.10 Å². The summed E-state index contributed by atoms with van der Waals surface area (Å²) in [6.07, 6.45) is 8.82. The Morgan fingerprint density at radius 1 is 1.00 bits per heavy atom. The van der Waals surface area contributed by atoms with Crippen LogP contribution >= 0.6 is 0 Å². The average Bonchev–Trinajstić information content (AvgIpc) is 3.63. The standard InChI is InChI=1S/C29H28N6O4/c1-38-25-17-22(5-8-24(25)21-18-32-33-19-21)35-16-11-29(27(35)37)9-14-34(15-10-29)26(36)20-3-6-23(7-4-20)39-28-30-12-2-13-31-28/h2-8,12-13,17-19H,9-11,14-16H2,1H3,(H,32,33). The first-order valence-corrected chi connectivity index (χ1v) is 12.9. The molecule has 4 aromatic rings. The number of amides is 2. The van der Waals surface area contributed by atoms with Gasteiger partial charge in [-0.1, -0.05) is 0 Å². The number of anilines is 1. The van der Waals surface area contributed by atoms with E-state index in [0.29, 0.717) is 49.5 Å². The number of hydrogen-bond donors (Lipinski definition) is 1. The summed E-state index contributed by atoms with van der Waals surface area (Å²) in [4.78, 5) is 38.6. The average molecular weight is 525 g/mol. The number of carbonyl (C=O) groups is 2. The summed E-state index contributed by atoms with van der Waals surface area (Å²) in [5.41, 5.74) is 2.79. The van der Waals surface area contributed by atoms with E-state index in [1.807, 2.05) is 34.2 Å². The lowest BCUT2D eigenvalue weighted by atomic mass is 9.77. The fraction of sp³-hybridized carbons (Fsp3) is 0.276. The second-order valence-electron chi connectivity index (χ2n) is 9.81. The molecule has 1 spiro atoms. The van der Waals surface area contributed by atoms with Crippen LogP contribution in [0.4, 0.5) is 5.69 Å². The zero-order valence-electron chi connectivity index (χ0n) is 21.5. The van der Waals surface area contributed by atoms with Crippen LogP contribution in [-0.2, 0) is 4.79 Å². The summed E-state index contributed by atoms with van der Waals surface area (Å²) < 4.78 is 11.2. The fourth-order valence-corrected chi connectivity index (χ4v) is 5.44. The van der Waals surface area contributed by atoms with Gasteiger partial charge in [-0.15, -0.1) is 0 Å². The third-order valence-corrected chi connectivity index (χ3v) is 7.68. The van der Waals surface area contributed by atoms with Gasteiger partial charge in [0, 0.05) is 66.7 Å². The van der Waals surface area contributed by atoms with Crippen LogP contribution in [0.1, 0.15) is 29.6 Å². The molecular formula is C29H28N6O4. The van der Waals surface area contributed by atoms with E-state index in [0.717, 1.165) is 23.2 Å². The number of piperidine rings is 1. The summed E-state index contributed by atoms with van der Waals surface area (Å²) >= 11 is 0. The van der Waals surface area contributed by atoms with E-state index in [9.17, 15) is 9.59 Å². The number of H-pyrrole nitrogens is 1. The minimum atomic E-state index is -0.444. The first-order chi connectivity index (χ1) is 19.1. The first kappa shape index (κ1) is 24.6. The van der Waals surface area contributed by atoms with E-state index in [2.05, 4.69) is 20.2 Å². The van der Waals surface area contributed by atoms with Crippen LogP contribution in [0.15, 0.2) is 73.3 Å². The number of aromatic nitrogens is 4. The Bertz CT molecular complexity index is 1470. The molecule has 2 saturated heterocycles. The van der Waals surface area contributed by atoms with Crippen molar-refractivity contribution in [2.24, 2.45) is 5.41 Å². The monoisotopic (exact) mass is 524 g/mol. The van der Waals surface area contributed by atoms with Gasteiger partial charge in [-0.05, 0) is 61.7 Å². The quantitative estimate of drug-likeness (QED) is 0.399. The van der Waals surface area contributed by atoms with Crippen molar-refractivity contribution in [3.63, 3.8) is 0 Å². The molecule has 2 fully saturated rings. The van der Waals surface area contributed by atoms with Crippen LogP contribution in [-0.4, -0.2) is 63.6 Å². The summed E-state index contributed by atoms with van der Waals surface area (Å²) in [7, 11) is 1.63. The third kappa shape index (κ3) is 4.69. The van der Waals surface area contributed by atoms with Crippen LogP contribution in [0, 0.1) is 5.41 Å². The second kappa shape index (κ2) is 10.2. The number of aromatic amines is 1. The molecule has 6 rings (SSSR count). The van der Waals surface area contributed by atoms with Gasteiger partial charge in [0.25, 0.3) is 5.91 Å². The normalized spacial score (nSPS) is 16.5. The molecule has 4 heterocycles. The molecule has 10 heteroatoms. The summed E-state index contributed by atoms with van der Waals surface area (Å²) in [5.74, 6) is 1.32. The Morgan fingerprint density at radius 2 is 1.74 bits per heavy atom. The maximum atomic E-state index is 13.7. The Labute approximate surface area is 225 Å². The molecule has 2 aliphatic heterocycles.